The van der Waals surface area contributed by atoms with Crippen LogP contribution >= 0.6 is 23.4 Å². The largest absolute Gasteiger partial charge is 0.276 e. The minimum atomic E-state index is -0.417. The van der Waals surface area contributed by atoms with Crippen molar-refractivity contribution in [1.82, 2.24) is 0 Å². The summed E-state index contributed by atoms with van der Waals surface area (Å²) in [6.45, 7) is 0. The zero-order valence-electron chi connectivity index (χ0n) is 9.31. The lowest BCUT2D eigenvalue weighted by Gasteiger charge is -2.08. The van der Waals surface area contributed by atoms with E-state index in [1.165, 1.54) is 0 Å². The van der Waals surface area contributed by atoms with Crippen molar-refractivity contribution in [3.05, 3.63) is 54.1 Å². The van der Waals surface area contributed by atoms with Gasteiger partial charge in [-0.25, -0.2) is 0 Å². The van der Waals surface area contributed by atoms with E-state index in [9.17, 15) is 4.79 Å². The second-order valence-electron chi connectivity index (χ2n) is 3.55. The van der Waals surface area contributed by atoms with Crippen LogP contribution in [0.4, 0.5) is 0 Å². The molecule has 0 aromatic heterocycles. The summed E-state index contributed by atoms with van der Waals surface area (Å²) in [4.78, 5) is 12.5. The average molecular weight is 263 g/mol. The van der Waals surface area contributed by atoms with Crippen molar-refractivity contribution >= 4 is 28.6 Å². The quantitative estimate of drug-likeness (QED) is 0.600. The minimum Gasteiger partial charge on any atom is -0.276 e. The smallest absolute Gasteiger partial charge is 0.253 e. The second-order valence-corrected chi connectivity index (χ2v) is 4.77. The Morgan fingerprint density at radius 1 is 1.12 bits per heavy atom. The van der Waals surface area contributed by atoms with Crippen LogP contribution in [0.3, 0.4) is 0 Å². The molecule has 0 saturated heterocycles. The number of halogens is 1. The van der Waals surface area contributed by atoms with E-state index in [1.54, 1.807) is 11.8 Å². The molecule has 0 fully saturated rings. The number of hydrogen-bond acceptors (Lipinski definition) is 2. The van der Waals surface area contributed by atoms with Crippen molar-refractivity contribution in [3.8, 4) is 11.1 Å². The molecule has 0 saturated carbocycles. The molecule has 1 nitrogen and oxygen atoms in total. The van der Waals surface area contributed by atoms with Crippen LogP contribution < -0.4 is 0 Å². The number of carbonyl (C=O) groups excluding carboxylic acids is 1. The van der Waals surface area contributed by atoms with Gasteiger partial charge in [0.1, 0.15) is 0 Å². The van der Waals surface area contributed by atoms with Gasteiger partial charge in [0.15, 0.2) is 0 Å². The van der Waals surface area contributed by atoms with E-state index in [1.807, 2.05) is 54.8 Å². The van der Waals surface area contributed by atoms with Gasteiger partial charge in [-0.05, 0) is 41.1 Å². The SMILES string of the molecule is CSc1ccc(-c2ccccc2)c(C(=O)Cl)c1. The molecule has 3 heteroatoms. The average Bonchev–Trinajstić information content (AvgIpc) is 2.39. The molecule has 2 aromatic rings. The van der Waals surface area contributed by atoms with Gasteiger partial charge in [-0.15, -0.1) is 11.8 Å². The van der Waals surface area contributed by atoms with Gasteiger partial charge < -0.3 is 0 Å². The highest BCUT2D eigenvalue weighted by Gasteiger charge is 2.11. The van der Waals surface area contributed by atoms with Gasteiger partial charge in [-0.2, -0.15) is 0 Å². The molecule has 17 heavy (non-hydrogen) atoms. The fourth-order valence-corrected chi connectivity index (χ4v) is 2.28. The maximum absolute atomic E-state index is 11.5. The van der Waals surface area contributed by atoms with Gasteiger partial charge in [0.05, 0.1) is 0 Å². The predicted molar refractivity (Wildman–Crippen MR) is 73.8 cm³/mol. The Morgan fingerprint density at radius 3 is 2.41 bits per heavy atom. The normalized spacial score (nSPS) is 10.2. The molecule has 2 aromatic carbocycles. The summed E-state index contributed by atoms with van der Waals surface area (Å²) in [5.74, 6) is 0. The van der Waals surface area contributed by atoms with Crippen molar-refractivity contribution in [2.45, 2.75) is 4.90 Å². The summed E-state index contributed by atoms with van der Waals surface area (Å²) in [7, 11) is 0. The lowest BCUT2D eigenvalue weighted by atomic mass is 10.0. The van der Waals surface area contributed by atoms with Crippen LogP contribution in [0, 0.1) is 0 Å². The third-order valence-corrected chi connectivity index (χ3v) is 3.45. The standard InChI is InChI=1S/C14H11ClOS/c1-17-11-7-8-12(13(9-11)14(15)16)10-5-3-2-4-6-10/h2-9H,1H3. The minimum absolute atomic E-state index is 0.417. The van der Waals surface area contributed by atoms with Crippen LogP contribution in [0.2, 0.25) is 0 Å². The summed E-state index contributed by atoms with van der Waals surface area (Å²) in [6, 6.07) is 15.5. The Labute approximate surface area is 110 Å². The van der Waals surface area contributed by atoms with Crippen LogP contribution in [0.1, 0.15) is 10.4 Å². The van der Waals surface area contributed by atoms with E-state index in [0.717, 1.165) is 16.0 Å². The Hall–Kier alpha value is -1.25. The number of carbonyl (C=O) groups is 1. The molecule has 0 N–H and O–H groups in total. The molecule has 0 aliphatic rings. The molecule has 0 radical (unpaired) electrons. The molecular weight excluding hydrogens is 252 g/mol. The van der Waals surface area contributed by atoms with Gasteiger partial charge >= 0.3 is 0 Å². The Bertz CT molecular complexity index is 537. The third kappa shape index (κ3) is 2.71. The first-order valence-electron chi connectivity index (χ1n) is 5.15. The molecule has 0 bridgehead atoms. The molecule has 0 aliphatic heterocycles. The predicted octanol–water partition coefficient (Wildman–Crippen LogP) is 4.45. The number of rotatable bonds is 3. The van der Waals surface area contributed by atoms with Crippen LogP contribution in [0.5, 0.6) is 0 Å². The summed E-state index contributed by atoms with van der Waals surface area (Å²) < 4.78 is 0. The Morgan fingerprint density at radius 2 is 1.82 bits per heavy atom. The summed E-state index contributed by atoms with van der Waals surface area (Å²) in [5.41, 5.74) is 2.44. The first-order chi connectivity index (χ1) is 8.22. The topological polar surface area (TPSA) is 17.1 Å². The highest BCUT2D eigenvalue weighted by Crippen LogP contribution is 2.28. The lowest BCUT2D eigenvalue weighted by molar-refractivity contribution is 0.108. The number of thioether (sulfide) groups is 1. The van der Waals surface area contributed by atoms with Crippen molar-refractivity contribution in [2.75, 3.05) is 6.26 Å². The van der Waals surface area contributed by atoms with Crippen LogP contribution in [0.25, 0.3) is 11.1 Å². The number of hydrogen-bond donors (Lipinski definition) is 0. The molecule has 0 atom stereocenters. The molecule has 86 valence electrons. The van der Waals surface area contributed by atoms with E-state index in [4.69, 9.17) is 11.6 Å². The Balaban J connectivity index is 2.58. The van der Waals surface area contributed by atoms with E-state index in [0.29, 0.717) is 5.56 Å². The zero-order chi connectivity index (χ0) is 12.3. The molecule has 0 unspecified atom stereocenters. The second kappa shape index (κ2) is 5.39. The fourth-order valence-electron chi connectivity index (χ4n) is 1.68. The molecule has 0 aliphatic carbocycles. The van der Waals surface area contributed by atoms with Gasteiger partial charge in [0, 0.05) is 10.5 Å². The highest BCUT2D eigenvalue weighted by molar-refractivity contribution is 7.98. The Kier molecular flexibility index (Phi) is 3.87. The molecule has 0 spiro atoms. The van der Waals surface area contributed by atoms with Crippen molar-refractivity contribution in [3.63, 3.8) is 0 Å². The first-order valence-corrected chi connectivity index (χ1v) is 6.76. The summed E-state index contributed by atoms with van der Waals surface area (Å²) in [5, 5.41) is -0.417. The highest BCUT2D eigenvalue weighted by atomic mass is 35.5. The molecule has 2 rings (SSSR count). The first kappa shape index (κ1) is 12.2. The van der Waals surface area contributed by atoms with Gasteiger partial charge in [0.25, 0.3) is 5.24 Å². The number of benzene rings is 2. The molecule has 0 heterocycles. The van der Waals surface area contributed by atoms with Gasteiger partial charge in [0.2, 0.25) is 0 Å². The van der Waals surface area contributed by atoms with Crippen molar-refractivity contribution in [1.29, 1.82) is 0 Å². The van der Waals surface area contributed by atoms with E-state index >= 15 is 0 Å². The maximum atomic E-state index is 11.5. The zero-order valence-corrected chi connectivity index (χ0v) is 10.9. The summed E-state index contributed by atoms with van der Waals surface area (Å²) in [6.07, 6.45) is 1.97. The van der Waals surface area contributed by atoms with Crippen LogP contribution in [-0.4, -0.2) is 11.5 Å². The van der Waals surface area contributed by atoms with Crippen molar-refractivity contribution in [2.24, 2.45) is 0 Å². The van der Waals surface area contributed by atoms with Crippen LogP contribution in [0.15, 0.2) is 53.4 Å². The maximum Gasteiger partial charge on any atom is 0.253 e. The van der Waals surface area contributed by atoms with Crippen molar-refractivity contribution < 1.29 is 4.79 Å². The van der Waals surface area contributed by atoms with Gasteiger partial charge in [-0.1, -0.05) is 36.4 Å². The van der Waals surface area contributed by atoms with E-state index in [-0.39, 0.29) is 0 Å². The van der Waals surface area contributed by atoms with Gasteiger partial charge in [-0.3, -0.25) is 4.79 Å². The van der Waals surface area contributed by atoms with Crippen LogP contribution in [-0.2, 0) is 0 Å². The molecular formula is C14H11ClOS. The molecule has 0 amide bonds. The fraction of sp³-hybridized carbons (Fsp3) is 0.0714. The lowest BCUT2D eigenvalue weighted by Crippen LogP contribution is -1.94. The van der Waals surface area contributed by atoms with E-state index < -0.39 is 5.24 Å². The third-order valence-electron chi connectivity index (χ3n) is 2.52. The summed E-state index contributed by atoms with van der Waals surface area (Å²) >= 11 is 7.23. The van der Waals surface area contributed by atoms with E-state index in [2.05, 4.69) is 0 Å². The monoisotopic (exact) mass is 262 g/mol.